The summed E-state index contributed by atoms with van der Waals surface area (Å²) in [4.78, 5) is 22.2. The number of ether oxygens (including phenoxy) is 1. The van der Waals surface area contributed by atoms with E-state index in [2.05, 4.69) is 76.1 Å². The minimum absolute atomic E-state index is 0.0137. The number of fused-ring (bicyclic) bond motifs is 9. The van der Waals surface area contributed by atoms with Gasteiger partial charge in [0.25, 0.3) is 0 Å². The standard InChI is InChI=1S/C39H36N4O4/c1-3-21-18-41-13-11-23-34-28(8-6-10-31(34)47-2)40-36(23)30(41)16-24(21)26-20-43-29-9-5-4-7-27(29)39-12-14-42-19-22(15-33(44)45)25(17-32(39)42)35(37(26)46)38(39)43/h4-11,13,15-16,18,20,25,32,35,37-38,46H,3,12,14,17,19H2,1-2H3,(H,44,45)/b22-15-/t25-,32-,35-,37-,38-,39+/m0/s1. The molecule has 8 heteroatoms. The first kappa shape index (κ1) is 27.5. The molecule has 3 fully saturated rings. The lowest BCUT2D eigenvalue weighted by atomic mass is 9.53. The maximum absolute atomic E-state index is 12.7. The van der Waals surface area contributed by atoms with E-state index < -0.39 is 12.1 Å². The second-order valence-electron chi connectivity index (χ2n) is 14.1. The molecule has 7 heterocycles. The smallest absolute Gasteiger partial charge is 0.328 e. The van der Waals surface area contributed by atoms with Crippen LogP contribution >= 0.6 is 0 Å². The van der Waals surface area contributed by atoms with Gasteiger partial charge in [-0.3, -0.25) is 4.90 Å². The number of nitrogens with zero attached hydrogens (tertiary/aromatic N) is 4. The number of para-hydroxylation sites is 1. The number of carboxylic acid groups (broad SMARTS) is 1. The van der Waals surface area contributed by atoms with Crippen molar-refractivity contribution in [3.8, 4) is 17.0 Å². The number of carbonyl (C=O) groups is 1. The molecule has 1 spiro atoms. The first-order valence-electron chi connectivity index (χ1n) is 16.8. The monoisotopic (exact) mass is 624 g/mol. The Kier molecular flexibility index (Phi) is 5.52. The molecule has 0 radical (unpaired) electrons. The number of aliphatic hydroxyl groups excluding tert-OH is 1. The molecular weight excluding hydrogens is 588 g/mol. The van der Waals surface area contributed by atoms with Gasteiger partial charge in [-0.25, -0.2) is 9.78 Å². The fraction of sp³-hybridized carbons (Fsp3) is 0.333. The average Bonchev–Trinajstić information content (AvgIpc) is 3.76. The van der Waals surface area contributed by atoms with Crippen molar-refractivity contribution in [2.24, 2.45) is 11.8 Å². The number of aromatic nitrogens is 2. The van der Waals surface area contributed by atoms with Crippen LogP contribution < -0.4 is 9.64 Å². The largest absolute Gasteiger partial charge is 0.496 e. The zero-order chi connectivity index (χ0) is 31.8. The number of pyridine rings is 2. The van der Waals surface area contributed by atoms with E-state index in [1.165, 1.54) is 17.3 Å². The van der Waals surface area contributed by atoms with E-state index in [-0.39, 0.29) is 23.3 Å². The van der Waals surface area contributed by atoms with Crippen LogP contribution in [0.5, 0.6) is 5.75 Å². The quantitative estimate of drug-likeness (QED) is 0.247. The van der Waals surface area contributed by atoms with Crippen LogP contribution in [0.3, 0.4) is 0 Å². The van der Waals surface area contributed by atoms with Gasteiger partial charge in [0.1, 0.15) is 5.75 Å². The number of hydrogen-bond donors (Lipinski definition) is 2. The molecule has 2 saturated heterocycles. The van der Waals surface area contributed by atoms with Crippen molar-refractivity contribution in [2.75, 3.05) is 25.1 Å². The molecular formula is C39H36N4O4. The summed E-state index contributed by atoms with van der Waals surface area (Å²) in [5.41, 5.74) is 10.3. The third-order valence-electron chi connectivity index (χ3n) is 12.3. The first-order chi connectivity index (χ1) is 22.9. The third-order valence-corrected chi connectivity index (χ3v) is 12.3. The van der Waals surface area contributed by atoms with Gasteiger partial charge in [-0.1, -0.05) is 31.2 Å². The highest BCUT2D eigenvalue weighted by molar-refractivity contribution is 6.05. The highest BCUT2D eigenvalue weighted by atomic mass is 16.5. The van der Waals surface area contributed by atoms with Crippen molar-refractivity contribution in [1.82, 2.24) is 14.3 Å². The van der Waals surface area contributed by atoms with Crippen molar-refractivity contribution in [3.63, 3.8) is 0 Å². The summed E-state index contributed by atoms with van der Waals surface area (Å²) in [6.07, 6.45) is 9.86. The van der Waals surface area contributed by atoms with Crippen molar-refractivity contribution in [3.05, 3.63) is 102 Å². The molecule has 0 unspecified atom stereocenters. The third kappa shape index (κ3) is 3.39. The summed E-state index contributed by atoms with van der Waals surface area (Å²) in [6, 6.07) is 19.5. The van der Waals surface area contributed by atoms with Gasteiger partial charge in [0.2, 0.25) is 0 Å². The van der Waals surface area contributed by atoms with E-state index in [0.717, 1.165) is 81.5 Å². The fourth-order valence-electron chi connectivity index (χ4n) is 10.6. The predicted molar refractivity (Wildman–Crippen MR) is 181 cm³/mol. The molecule has 6 atom stereocenters. The Morgan fingerprint density at radius 1 is 1.15 bits per heavy atom. The molecule has 1 aromatic heterocycles. The molecule has 3 aromatic rings. The van der Waals surface area contributed by atoms with Crippen molar-refractivity contribution >= 4 is 33.6 Å². The number of piperidine rings is 1. The number of carboxylic acids is 1. The van der Waals surface area contributed by atoms with E-state index in [9.17, 15) is 15.0 Å². The molecule has 1 saturated carbocycles. The van der Waals surface area contributed by atoms with Gasteiger partial charge in [-0.15, -0.1) is 0 Å². The number of anilines is 1. The molecule has 6 aliphatic heterocycles. The Labute approximate surface area is 272 Å². The van der Waals surface area contributed by atoms with Crippen LogP contribution in [-0.4, -0.2) is 68.9 Å². The number of methoxy groups -OCH3 is 1. The molecule has 2 N–H and O–H groups in total. The van der Waals surface area contributed by atoms with E-state index in [4.69, 9.17) is 9.72 Å². The normalized spacial score (nSPS) is 29.9. The lowest BCUT2D eigenvalue weighted by Crippen LogP contribution is -2.67. The highest BCUT2D eigenvalue weighted by Gasteiger charge is 2.69. The van der Waals surface area contributed by atoms with Gasteiger partial charge in [-0.05, 0) is 84.3 Å². The number of aliphatic carboxylic acids is 1. The molecule has 10 rings (SSSR count). The highest BCUT2D eigenvalue weighted by Crippen LogP contribution is 2.65. The van der Waals surface area contributed by atoms with Crippen molar-refractivity contribution in [1.29, 1.82) is 0 Å². The topological polar surface area (TPSA) is 90.5 Å². The summed E-state index contributed by atoms with van der Waals surface area (Å²) in [5, 5.41) is 23.6. The lowest BCUT2D eigenvalue weighted by molar-refractivity contribution is -0.131. The number of rotatable bonds is 4. The van der Waals surface area contributed by atoms with Gasteiger partial charge >= 0.3 is 5.97 Å². The van der Waals surface area contributed by atoms with Crippen molar-refractivity contribution in [2.45, 2.75) is 49.8 Å². The van der Waals surface area contributed by atoms with E-state index in [1.807, 2.05) is 18.2 Å². The molecule has 2 bridgehead atoms. The van der Waals surface area contributed by atoms with Gasteiger partial charge in [0.05, 0.1) is 41.4 Å². The summed E-state index contributed by atoms with van der Waals surface area (Å²) >= 11 is 0. The van der Waals surface area contributed by atoms with Crippen LogP contribution in [0.1, 0.15) is 36.5 Å². The van der Waals surface area contributed by atoms with Gasteiger partial charge in [0, 0.05) is 65.4 Å². The molecule has 7 aliphatic rings. The van der Waals surface area contributed by atoms with Crippen LogP contribution in [0.2, 0.25) is 0 Å². The number of aryl methyl sites for hydroxylation is 1. The van der Waals surface area contributed by atoms with E-state index >= 15 is 0 Å². The molecule has 47 heavy (non-hydrogen) atoms. The predicted octanol–water partition coefficient (Wildman–Crippen LogP) is 5.74. The molecule has 1 aliphatic carbocycles. The number of benzene rings is 2. The molecule has 2 aromatic carbocycles. The van der Waals surface area contributed by atoms with Crippen LogP contribution in [0.25, 0.3) is 33.3 Å². The maximum atomic E-state index is 12.7. The van der Waals surface area contributed by atoms with E-state index in [0.29, 0.717) is 12.6 Å². The summed E-state index contributed by atoms with van der Waals surface area (Å²) in [7, 11) is 1.69. The summed E-state index contributed by atoms with van der Waals surface area (Å²) < 4.78 is 7.88. The minimum Gasteiger partial charge on any atom is -0.496 e. The number of hydrogen-bond acceptors (Lipinski definition) is 6. The SMILES string of the molecule is CCc1cn2ccc3c4c(OC)cccc4nc-3c2cc1C1=CN2c3ccccc3[C@]34CCN5C/C(=C/C(=O)O)[C@H](C[C@H]53)[C@H]([C@H]24)[C@H]1O. The maximum Gasteiger partial charge on any atom is 0.328 e. The van der Waals surface area contributed by atoms with E-state index in [1.54, 1.807) is 7.11 Å². The Morgan fingerprint density at radius 3 is 2.85 bits per heavy atom. The van der Waals surface area contributed by atoms with Gasteiger partial charge in [-0.2, -0.15) is 0 Å². The Bertz CT molecular complexity index is 2200. The zero-order valence-corrected chi connectivity index (χ0v) is 26.4. The fourth-order valence-corrected chi connectivity index (χ4v) is 10.6. The molecule has 8 nitrogen and oxygen atoms in total. The second-order valence-corrected chi connectivity index (χ2v) is 14.1. The number of aliphatic hydroxyl groups is 1. The van der Waals surface area contributed by atoms with Crippen LogP contribution in [0.4, 0.5) is 5.69 Å². The van der Waals surface area contributed by atoms with Crippen LogP contribution in [0.15, 0.2) is 84.8 Å². The first-order valence-corrected chi connectivity index (χ1v) is 16.8. The van der Waals surface area contributed by atoms with Crippen LogP contribution in [-0.2, 0) is 16.6 Å². The zero-order valence-electron chi connectivity index (χ0n) is 26.4. The lowest BCUT2D eigenvalue weighted by Gasteiger charge is -2.59. The minimum atomic E-state index is -0.905. The summed E-state index contributed by atoms with van der Waals surface area (Å²) in [5.74, 6) is -0.258. The van der Waals surface area contributed by atoms with Gasteiger partial charge in [0.15, 0.2) is 0 Å². The Balaban J connectivity index is 1.21. The van der Waals surface area contributed by atoms with Gasteiger partial charge < -0.3 is 24.3 Å². The summed E-state index contributed by atoms with van der Waals surface area (Å²) in [6.45, 7) is 3.76. The van der Waals surface area contributed by atoms with Crippen LogP contribution in [0, 0.1) is 11.8 Å². The molecule has 236 valence electrons. The Morgan fingerprint density at radius 2 is 2.02 bits per heavy atom. The van der Waals surface area contributed by atoms with Crippen molar-refractivity contribution < 1.29 is 19.7 Å². The Hall–Kier alpha value is -4.66. The second kappa shape index (κ2) is 9.46. The molecule has 0 amide bonds. The average molecular weight is 625 g/mol.